The molecule has 1 aliphatic rings. The smallest absolute Gasteiger partial charge is 0.305 e. The summed E-state index contributed by atoms with van der Waals surface area (Å²) in [5, 5.41) is 0. The molecule has 76 valence electrons. The summed E-state index contributed by atoms with van der Waals surface area (Å²) in [6.07, 6.45) is 0.483. The van der Waals surface area contributed by atoms with E-state index in [0.29, 0.717) is 13.0 Å². The summed E-state index contributed by atoms with van der Waals surface area (Å²) in [6.45, 7) is 4.70. The minimum Gasteiger partial charge on any atom is -0.463 e. The van der Waals surface area contributed by atoms with Gasteiger partial charge in [0.25, 0.3) is 0 Å². The average Bonchev–Trinajstić information content (AvgIpc) is 2.14. The Morgan fingerprint density at radius 3 is 3.08 bits per heavy atom. The molecule has 1 aliphatic heterocycles. The number of hydrogen-bond donors (Lipinski definition) is 0. The van der Waals surface area contributed by atoms with E-state index in [1.165, 1.54) is 0 Å². The first kappa shape index (κ1) is 10.5. The van der Waals surface area contributed by atoms with Gasteiger partial charge in [-0.15, -0.1) is 0 Å². The van der Waals surface area contributed by atoms with Crippen molar-refractivity contribution in [2.75, 3.05) is 33.4 Å². The van der Waals surface area contributed by atoms with Gasteiger partial charge in [0.2, 0.25) is 0 Å². The Bertz CT molecular complexity index is 172. The van der Waals surface area contributed by atoms with Crippen molar-refractivity contribution in [3.63, 3.8) is 0 Å². The van der Waals surface area contributed by atoms with Crippen LogP contribution in [0.2, 0.25) is 0 Å². The molecule has 0 aromatic rings. The van der Waals surface area contributed by atoms with Gasteiger partial charge >= 0.3 is 5.97 Å². The van der Waals surface area contributed by atoms with Crippen molar-refractivity contribution in [1.82, 2.24) is 4.90 Å². The third kappa shape index (κ3) is 3.74. The lowest BCUT2D eigenvalue weighted by Crippen LogP contribution is -2.42. The Hall–Kier alpha value is -0.610. The van der Waals surface area contributed by atoms with Gasteiger partial charge in [-0.25, -0.2) is 0 Å². The maximum absolute atomic E-state index is 10.8. The average molecular weight is 187 g/mol. The summed E-state index contributed by atoms with van der Waals surface area (Å²) >= 11 is 0. The number of carbonyl (C=O) groups excluding carboxylic acids is 1. The number of ether oxygens (including phenoxy) is 2. The number of likely N-dealkylation sites (N-methyl/N-ethyl adjacent to an activating group) is 1. The van der Waals surface area contributed by atoms with E-state index in [2.05, 4.69) is 4.90 Å². The number of hydrogen-bond acceptors (Lipinski definition) is 4. The number of rotatable bonds is 3. The van der Waals surface area contributed by atoms with E-state index in [9.17, 15) is 4.79 Å². The van der Waals surface area contributed by atoms with E-state index < -0.39 is 0 Å². The minimum absolute atomic E-state index is 0.0502. The Morgan fingerprint density at radius 2 is 2.46 bits per heavy atom. The lowest BCUT2D eigenvalue weighted by atomic mass is 10.3. The lowest BCUT2D eigenvalue weighted by molar-refractivity contribution is -0.149. The molecule has 0 radical (unpaired) electrons. The van der Waals surface area contributed by atoms with Crippen LogP contribution in [-0.2, 0) is 14.3 Å². The van der Waals surface area contributed by atoms with E-state index in [1.807, 2.05) is 7.05 Å². The van der Waals surface area contributed by atoms with Crippen LogP contribution in [0.4, 0.5) is 0 Å². The molecule has 13 heavy (non-hydrogen) atoms. The second-order valence-electron chi connectivity index (χ2n) is 3.29. The predicted octanol–water partition coefficient (Wildman–Crippen LogP) is 0.270. The van der Waals surface area contributed by atoms with Gasteiger partial charge in [0, 0.05) is 19.5 Å². The van der Waals surface area contributed by atoms with Crippen molar-refractivity contribution in [3.05, 3.63) is 0 Å². The Balaban J connectivity index is 2.17. The van der Waals surface area contributed by atoms with Gasteiger partial charge in [0.15, 0.2) is 0 Å². The Morgan fingerprint density at radius 1 is 1.69 bits per heavy atom. The second kappa shape index (κ2) is 5.19. The van der Waals surface area contributed by atoms with Gasteiger partial charge in [-0.05, 0) is 7.05 Å². The van der Waals surface area contributed by atoms with Crippen LogP contribution in [0.1, 0.15) is 13.3 Å². The van der Waals surface area contributed by atoms with Gasteiger partial charge in [-0.2, -0.15) is 0 Å². The van der Waals surface area contributed by atoms with Crippen molar-refractivity contribution >= 4 is 5.97 Å². The molecule has 0 amide bonds. The third-order valence-corrected chi connectivity index (χ3v) is 2.06. The normalized spacial score (nSPS) is 24.3. The number of carbonyl (C=O) groups is 1. The molecular weight excluding hydrogens is 170 g/mol. The predicted molar refractivity (Wildman–Crippen MR) is 48.5 cm³/mol. The fourth-order valence-corrected chi connectivity index (χ4v) is 1.26. The summed E-state index contributed by atoms with van der Waals surface area (Å²) in [7, 11) is 2.04. The van der Waals surface area contributed by atoms with Crippen LogP contribution < -0.4 is 0 Å². The first-order valence-electron chi connectivity index (χ1n) is 4.68. The van der Waals surface area contributed by atoms with Crippen LogP contribution in [0.15, 0.2) is 0 Å². The third-order valence-electron chi connectivity index (χ3n) is 2.06. The molecule has 0 bridgehead atoms. The topological polar surface area (TPSA) is 38.8 Å². The number of nitrogens with zero attached hydrogens (tertiary/aromatic N) is 1. The molecule has 0 saturated carbocycles. The quantitative estimate of drug-likeness (QED) is 0.594. The zero-order valence-electron chi connectivity index (χ0n) is 8.28. The fourth-order valence-electron chi connectivity index (χ4n) is 1.26. The first-order valence-corrected chi connectivity index (χ1v) is 4.68. The van der Waals surface area contributed by atoms with Crippen molar-refractivity contribution in [3.8, 4) is 0 Å². The van der Waals surface area contributed by atoms with Crippen LogP contribution in [-0.4, -0.2) is 50.3 Å². The van der Waals surface area contributed by atoms with E-state index in [0.717, 1.165) is 19.7 Å². The zero-order chi connectivity index (χ0) is 9.68. The van der Waals surface area contributed by atoms with Gasteiger partial charge in [0.05, 0.1) is 6.61 Å². The number of esters is 1. The SMILES string of the molecule is CCC(=O)OCC1CN(C)CCO1. The van der Waals surface area contributed by atoms with Crippen LogP contribution in [0.25, 0.3) is 0 Å². The molecule has 4 heteroatoms. The Kier molecular flexibility index (Phi) is 4.18. The molecule has 1 saturated heterocycles. The highest BCUT2D eigenvalue weighted by Gasteiger charge is 2.18. The van der Waals surface area contributed by atoms with E-state index in [-0.39, 0.29) is 12.1 Å². The molecule has 1 atom stereocenters. The standard InChI is InChI=1S/C9H17NO3/c1-3-9(11)13-7-8-6-10(2)4-5-12-8/h8H,3-7H2,1-2H3. The van der Waals surface area contributed by atoms with E-state index in [4.69, 9.17) is 9.47 Å². The second-order valence-corrected chi connectivity index (χ2v) is 3.29. The van der Waals surface area contributed by atoms with Gasteiger partial charge < -0.3 is 14.4 Å². The van der Waals surface area contributed by atoms with Crippen LogP contribution in [0, 0.1) is 0 Å². The number of morpholine rings is 1. The molecule has 1 unspecified atom stereocenters. The lowest BCUT2D eigenvalue weighted by Gasteiger charge is -2.29. The summed E-state index contributed by atoms with van der Waals surface area (Å²) in [5.41, 5.74) is 0. The largest absolute Gasteiger partial charge is 0.463 e. The minimum atomic E-state index is -0.156. The zero-order valence-corrected chi connectivity index (χ0v) is 8.28. The molecule has 0 N–H and O–H groups in total. The van der Waals surface area contributed by atoms with Crippen LogP contribution in [0.5, 0.6) is 0 Å². The van der Waals surface area contributed by atoms with E-state index in [1.54, 1.807) is 6.92 Å². The summed E-state index contributed by atoms with van der Waals surface area (Å²) in [4.78, 5) is 13.0. The summed E-state index contributed by atoms with van der Waals surface area (Å²) in [6, 6.07) is 0. The highest BCUT2D eigenvalue weighted by molar-refractivity contribution is 5.68. The highest BCUT2D eigenvalue weighted by Crippen LogP contribution is 2.03. The highest BCUT2D eigenvalue weighted by atomic mass is 16.6. The molecule has 1 rings (SSSR count). The summed E-state index contributed by atoms with van der Waals surface area (Å²) in [5.74, 6) is -0.156. The molecule has 1 fully saturated rings. The Labute approximate surface area is 78.8 Å². The first-order chi connectivity index (χ1) is 6.22. The fraction of sp³-hybridized carbons (Fsp3) is 0.889. The molecular formula is C9H17NO3. The van der Waals surface area contributed by atoms with E-state index >= 15 is 0 Å². The maximum Gasteiger partial charge on any atom is 0.305 e. The van der Waals surface area contributed by atoms with Gasteiger partial charge in [-0.3, -0.25) is 4.79 Å². The maximum atomic E-state index is 10.8. The molecule has 0 aromatic carbocycles. The van der Waals surface area contributed by atoms with Crippen LogP contribution >= 0.6 is 0 Å². The van der Waals surface area contributed by atoms with Crippen molar-refractivity contribution in [1.29, 1.82) is 0 Å². The molecule has 0 aromatic heterocycles. The molecule has 1 heterocycles. The summed E-state index contributed by atoms with van der Waals surface area (Å²) < 4.78 is 10.4. The van der Waals surface area contributed by atoms with Crippen molar-refractivity contribution in [2.45, 2.75) is 19.4 Å². The van der Waals surface area contributed by atoms with Gasteiger partial charge in [-0.1, -0.05) is 6.92 Å². The monoisotopic (exact) mass is 187 g/mol. The van der Waals surface area contributed by atoms with Crippen molar-refractivity contribution in [2.24, 2.45) is 0 Å². The van der Waals surface area contributed by atoms with Crippen LogP contribution in [0.3, 0.4) is 0 Å². The molecule has 0 spiro atoms. The van der Waals surface area contributed by atoms with Gasteiger partial charge in [0.1, 0.15) is 12.7 Å². The van der Waals surface area contributed by atoms with Crippen molar-refractivity contribution < 1.29 is 14.3 Å². The molecule has 4 nitrogen and oxygen atoms in total. The molecule has 0 aliphatic carbocycles.